The molecule has 1 aliphatic heterocycles. The first kappa shape index (κ1) is 17.0. The number of aliphatic hydroxyl groups is 1. The minimum absolute atomic E-state index is 0.189. The molecule has 128 valence electrons. The Hall–Kier alpha value is -1.89. The van der Waals surface area contributed by atoms with Gasteiger partial charge in [0.25, 0.3) is 0 Å². The van der Waals surface area contributed by atoms with Crippen molar-refractivity contribution in [1.82, 2.24) is 4.72 Å². The lowest BCUT2D eigenvalue weighted by atomic mass is 10.0. The number of benzene rings is 2. The number of aryl methyl sites for hydroxylation is 1. The first-order valence-corrected chi connectivity index (χ1v) is 9.50. The van der Waals surface area contributed by atoms with Crippen molar-refractivity contribution in [1.29, 1.82) is 0 Å². The second-order valence-electron chi connectivity index (χ2n) is 5.84. The zero-order valence-corrected chi connectivity index (χ0v) is 14.3. The molecule has 0 saturated carbocycles. The Morgan fingerprint density at radius 3 is 2.58 bits per heavy atom. The van der Waals surface area contributed by atoms with E-state index in [1.807, 2.05) is 13.0 Å². The second-order valence-corrected chi connectivity index (χ2v) is 7.55. The molecule has 0 bridgehead atoms. The molecule has 1 heterocycles. The maximum atomic E-state index is 12.7. The number of fused-ring (bicyclic) bond motifs is 1. The van der Waals surface area contributed by atoms with E-state index in [2.05, 4.69) is 4.72 Å². The number of nitrogens with one attached hydrogen (secondary N) is 1. The molecule has 0 saturated heterocycles. The lowest BCUT2D eigenvalue weighted by Crippen LogP contribution is -2.36. The average molecular weight is 347 g/mol. The predicted molar refractivity (Wildman–Crippen MR) is 91.4 cm³/mol. The highest BCUT2D eigenvalue weighted by atomic mass is 32.2. The fourth-order valence-electron chi connectivity index (χ4n) is 2.81. The molecule has 2 aromatic carbocycles. The molecule has 2 atom stereocenters. The highest BCUT2D eigenvalue weighted by Crippen LogP contribution is 2.32. The maximum absolute atomic E-state index is 12.7. The third kappa shape index (κ3) is 3.45. The lowest BCUT2D eigenvalue weighted by Gasteiger charge is -2.22. The third-order valence-corrected chi connectivity index (χ3v) is 5.69. The van der Waals surface area contributed by atoms with E-state index in [1.165, 1.54) is 0 Å². The monoisotopic (exact) mass is 347 g/mol. The second kappa shape index (κ2) is 6.93. The molecule has 0 unspecified atom stereocenters. The van der Waals surface area contributed by atoms with Crippen molar-refractivity contribution >= 4 is 10.0 Å². The first-order valence-electron chi connectivity index (χ1n) is 8.02. The van der Waals surface area contributed by atoms with Gasteiger partial charge in [-0.15, -0.1) is 0 Å². The molecule has 24 heavy (non-hydrogen) atoms. The van der Waals surface area contributed by atoms with Crippen LogP contribution >= 0.6 is 0 Å². The summed E-state index contributed by atoms with van der Waals surface area (Å²) in [7, 11) is -3.74. The normalized spacial score (nSPS) is 20.8. The third-order valence-electron chi connectivity index (χ3n) is 4.23. The van der Waals surface area contributed by atoms with Gasteiger partial charge in [-0.05, 0) is 30.2 Å². The summed E-state index contributed by atoms with van der Waals surface area (Å²) in [6, 6.07) is 13.2. The summed E-state index contributed by atoms with van der Waals surface area (Å²) < 4.78 is 33.7. The molecule has 5 nitrogen and oxygen atoms in total. The topological polar surface area (TPSA) is 75.6 Å². The summed E-state index contributed by atoms with van der Waals surface area (Å²) in [6.45, 7) is 2.36. The molecular formula is C18H21NO4S. The molecule has 0 spiro atoms. The van der Waals surface area contributed by atoms with E-state index in [0.29, 0.717) is 24.3 Å². The zero-order valence-electron chi connectivity index (χ0n) is 13.5. The van der Waals surface area contributed by atoms with Crippen molar-refractivity contribution in [3.05, 3.63) is 59.7 Å². The number of para-hydroxylation sites is 1. The Morgan fingerprint density at radius 1 is 1.17 bits per heavy atom. The quantitative estimate of drug-likeness (QED) is 0.891. The van der Waals surface area contributed by atoms with Crippen LogP contribution in [0.4, 0.5) is 0 Å². The van der Waals surface area contributed by atoms with Crippen LogP contribution in [0, 0.1) is 0 Å². The average Bonchev–Trinajstić information content (AvgIpc) is 2.74. The van der Waals surface area contributed by atoms with Gasteiger partial charge in [0.2, 0.25) is 10.0 Å². The Kier molecular flexibility index (Phi) is 4.89. The van der Waals surface area contributed by atoms with Gasteiger partial charge in [-0.25, -0.2) is 13.1 Å². The van der Waals surface area contributed by atoms with Crippen molar-refractivity contribution in [3.63, 3.8) is 0 Å². The zero-order chi connectivity index (χ0) is 17.2. The number of hydrogen-bond acceptors (Lipinski definition) is 4. The van der Waals surface area contributed by atoms with Crippen molar-refractivity contribution in [2.24, 2.45) is 0 Å². The van der Waals surface area contributed by atoms with E-state index in [4.69, 9.17) is 4.74 Å². The van der Waals surface area contributed by atoms with Crippen molar-refractivity contribution in [2.75, 3.05) is 6.61 Å². The molecule has 0 amide bonds. The standard InChI is InChI=1S/C18H21NO4S/c1-2-13-7-9-14(10-8-13)24(21,22)19-18-15-5-3-4-6-17(15)23-12-11-16(18)20/h3-10,16,18-20H,2,11-12H2,1H3/t16-,18-/m1/s1. The molecular weight excluding hydrogens is 326 g/mol. The Balaban J connectivity index is 1.92. The minimum Gasteiger partial charge on any atom is -0.493 e. The van der Waals surface area contributed by atoms with E-state index in [0.717, 1.165) is 12.0 Å². The molecule has 1 aliphatic rings. The minimum atomic E-state index is -3.74. The fourth-order valence-corrected chi connectivity index (χ4v) is 4.06. The number of rotatable bonds is 4. The van der Waals surface area contributed by atoms with Gasteiger partial charge in [0, 0.05) is 12.0 Å². The molecule has 0 radical (unpaired) electrons. The summed E-state index contributed by atoms with van der Waals surface area (Å²) >= 11 is 0. The van der Waals surface area contributed by atoms with Crippen molar-refractivity contribution in [3.8, 4) is 5.75 Å². The Morgan fingerprint density at radius 2 is 1.88 bits per heavy atom. The Labute approximate surface area is 142 Å². The summed E-state index contributed by atoms with van der Waals surface area (Å²) in [5, 5.41) is 10.4. The van der Waals surface area contributed by atoms with Crippen LogP contribution < -0.4 is 9.46 Å². The first-order chi connectivity index (χ1) is 11.5. The molecule has 3 rings (SSSR count). The molecule has 2 N–H and O–H groups in total. The van der Waals surface area contributed by atoms with Gasteiger partial charge in [-0.3, -0.25) is 0 Å². The number of aliphatic hydroxyl groups excluding tert-OH is 1. The predicted octanol–water partition coefficient (Wildman–Crippen LogP) is 2.41. The Bertz CT molecular complexity index is 802. The van der Waals surface area contributed by atoms with Gasteiger partial charge >= 0.3 is 0 Å². The van der Waals surface area contributed by atoms with Gasteiger partial charge < -0.3 is 9.84 Å². The number of sulfonamides is 1. The molecule has 0 aromatic heterocycles. The van der Waals surface area contributed by atoms with Crippen LogP contribution in [0.2, 0.25) is 0 Å². The summed E-state index contributed by atoms with van der Waals surface area (Å²) in [4.78, 5) is 0.189. The molecule has 2 aromatic rings. The van der Waals surface area contributed by atoms with Crippen LogP contribution in [0.3, 0.4) is 0 Å². The van der Waals surface area contributed by atoms with E-state index in [9.17, 15) is 13.5 Å². The van der Waals surface area contributed by atoms with Crippen LogP contribution in [0.1, 0.15) is 30.5 Å². The molecule has 0 aliphatic carbocycles. The van der Waals surface area contributed by atoms with E-state index in [-0.39, 0.29) is 4.90 Å². The summed E-state index contributed by atoms with van der Waals surface area (Å²) in [6.07, 6.45) is 0.356. The SMILES string of the molecule is CCc1ccc(S(=O)(=O)N[C@@H]2c3ccccc3OCC[C@H]2O)cc1. The summed E-state index contributed by atoms with van der Waals surface area (Å²) in [5.74, 6) is 0.600. The van der Waals surface area contributed by atoms with Gasteiger partial charge in [0.05, 0.1) is 23.6 Å². The van der Waals surface area contributed by atoms with Gasteiger partial charge in [0.1, 0.15) is 5.75 Å². The lowest BCUT2D eigenvalue weighted by molar-refractivity contribution is 0.120. The highest BCUT2D eigenvalue weighted by molar-refractivity contribution is 7.89. The molecule has 0 fully saturated rings. The highest BCUT2D eigenvalue weighted by Gasteiger charge is 2.31. The van der Waals surface area contributed by atoms with Crippen LogP contribution in [0.15, 0.2) is 53.4 Å². The van der Waals surface area contributed by atoms with Crippen molar-refractivity contribution in [2.45, 2.75) is 36.8 Å². The van der Waals surface area contributed by atoms with Gasteiger partial charge in [-0.1, -0.05) is 37.3 Å². The largest absolute Gasteiger partial charge is 0.493 e. The van der Waals surface area contributed by atoms with Crippen LogP contribution in [-0.4, -0.2) is 26.2 Å². The van der Waals surface area contributed by atoms with Gasteiger partial charge in [0.15, 0.2) is 0 Å². The smallest absolute Gasteiger partial charge is 0.241 e. The van der Waals surface area contributed by atoms with E-state index in [1.54, 1.807) is 42.5 Å². The number of ether oxygens (including phenoxy) is 1. The van der Waals surface area contributed by atoms with Crippen LogP contribution in [0.5, 0.6) is 5.75 Å². The molecule has 6 heteroatoms. The number of hydrogen-bond donors (Lipinski definition) is 2. The van der Waals surface area contributed by atoms with Gasteiger partial charge in [-0.2, -0.15) is 0 Å². The van der Waals surface area contributed by atoms with Crippen LogP contribution in [0.25, 0.3) is 0 Å². The van der Waals surface area contributed by atoms with Crippen molar-refractivity contribution < 1.29 is 18.3 Å². The van der Waals surface area contributed by atoms with Crippen LogP contribution in [-0.2, 0) is 16.4 Å². The summed E-state index contributed by atoms with van der Waals surface area (Å²) in [5.41, 5.74) is 1.72. The fraction of sp³-hybridized carbons (Fsp3) is 0.333. The maximum Gasteiger partial charge on any atom is 0.241 e. The van der Waals surface area contributed by atoms with E-state index < -0.39 is 22.2 Å². The van der Waals surface area contributed by atoms with E-state index >= 15 is 0 Å².